The second-order valence-corrected chi connectivity index (χ2v) is 6.00. The quantitative estimate of drug-likeness (QED) is 0.727. The van der Waals surface area contributed by atoms with Gasteiger partial charge < -0.3 is 19.1 Å². The van der Waals surface area contributed by atoms with Crippen molar-refractivity contribution >= 4 is 12.1 Å². The first-order valence-electron chi connectivity index (χ1n) is 6.66. The van der Waals surface area contributed by atoms with Gasteiger partial charge in [0.2, 0.25) is 0 Å². The second kappa shape index (κ2) is 6.31. The Kier molecular flexibility index (Phi) is 5.32. The molecule has 0 aliphatic carbocycles. The Morgan fingerprint density at radius 2 is 1.86 bits per heavy atom. The first-order chi connectivity index (χ1) is 9.90. The monoisotopic (exact) mass is 327 g/mol. The smallest absolute Gasteiger partial charge is 0.419 e. The minimum atomic E-state index is -4.83. The minimum Gasteiger partial charge on any atom is -0.469 e. The molecule has 9 heteroatoms. The highest BCUT2D eigenvalue weighted by Gasteiger charge is 2.60. The lowest BCUT2D eigenvalue weighted by molar-refractivity contribution is -0.295. The molecule has 0 N–H and O–H groups in total. The Hall–Kier alpha value is -1.51. The number of carbonyl (C=O) groups is 2. The van der Waals surface area contributed by atoms with Gasteiger partial charge in [0.15, 0.2) is 5.60 Å². The predicted octanol–water partition coefficient (Wildman–Crippen LogP) is 2.12. The Balaban J connectivity index is 2.95. The van der Waals surface area contributed by atoms with E-state index in [2.05, 4.69) is 4.74 Å². The standard InChI is InChI=1S/C13H20F3NO5/c1-11(2,3)22-10(19)17-5-6-21-12(8-17,13(14,15)16)7-9(18)20-4/h5-8H2,1-4H3/t12-/m0/s1. The van der Waals surface area contributed by atoms with Gasteiger partial charge in [-0.3, -0.25) is 4.79 Å². The number of amides is 1. The van der Waals surface area contributed by atoms with Crippen molar-refractivity contribution in [3.8, 4) is 0 Å². The lowest BCUT2D eigenvalue weighted by Crippen LogP contribution is -2.62. The number of ether oxygens (including phenoxy) is 3. The van der Waals surface area contributed by atoms with Crippen LogP contribution in [0.15, 0.2) is 0 Å². The zero-order chi connectivity index (χ0) is 17.2. The largest absolute Gasteiger partial charge is 0.469 e. The maximum atomic E-state index is 13.4. The normalized spacial score (nSPS) is 23.1. The Morgan fingerprint density at radius 1 is 1.27 bits per heavy atom. The molecule has 1 heterocycles. The molecule has 1 aliphatic heterocycles. The van der Waals surface area contributed by atoms with Crippen molar-refractivity contribution in [1.82, 2.24) is 4.90 Å². The molecule has 22 heavy (non-hydrogen) atoms. The van der Waals surface area contributed by atoms with E-state index in [-0.39, 0.29) is 13.2 Å². The van der Waals surface area contributed by atoms with Crippen LogP contribution in [-0.2, 0) is 19.0 Å². The lowest BCUT2D eigenvalue weighted by atomic mass is 9.96. The minimum absolute atomic E-state index is 0.0477. The molecule has 0 aromatic carbocycles. The fraction of sp³-hybridized carbons (Fsp3) is 0.846. The van der Waals surface area contributed by atoms with Gasteiger partial charge in [-0.15, -0.1) is 0 Å². The molecule has 0 aromatic rings. The van der Waals surface area contributed by atoms with Crippen molar-refractivity contribution in [1.29, 1.82) is 0 Å². The van der Waals surface area contributed by atoms with E-state index in [1.165, 1.54) is 0 Å². The van der Waals surface area contributed by atoms with E-state index in [9.17, 15) is 22.8 Å². The Morgan fingerprint density at radius 3 is 2.32 bits per heavy atom. The third-order valence-corrected chi connectivity index (χ3v) is 3.01. The number of morpholine rings is 1. The molecule has 1 fully saturated rings. The van der Waals surface area contributed by atoms with E-state index in [4.69, 9.17) is 9.47 Å². The maximum Gasteiger partial charge on any atom is 0.419 e. The van der Waals surface area contributed by atoms with Gasteiger partial charge in [0, 0.05) is 6.54 Å². The third-order valence-electron chi connectivity index (χ3n) is 3.01. The molecule has 1 saturated heterocycles. The zero-order valence-corrected chi connectivity index (χ0v) is 13.0. The number of nitrogens with zero attached hydrogens (tertiary/aromatic N) is 1. The second-order valence-electron chi connectivity index (χ2n) is 6.00. The van der Waals surface area contributed by atoms with E-state index in [1.807, 2.05) is 0 Å². The van der Waals surface area contributed by atoms with E-state index < -0.39 is 42.4 Å². The number of carbonyl (C=O) groups excluding carboxylic acids is 2. The van der Waals surface area contributed by atoms with E-state index in [0.717, 1.165) is 12.0 Å². The molecule has 6 nitrogen and oxygen atoms in total. The number of hydrogen-bond donors (Lipinski definition) is 0. The average Bonchev–Trinajstić information content (AvgIpc) is 2.35. The van der Waals surface area contributed by atoms with Crippen LogP contribution in [0.25, 0.3) is 0 Å². The summed E-state index contributed by atoms with van der Waals surface area (Å²) in [6.45, 7) is 3.61. The first kappa shape index (κ1) is 18.5. The van der Waals surface area contributed by atoms with Gasteiger partial charge >= 0.3 is 18.2 Å². The summed E-state index contributed by atoms with van der Waals surface area (Å²) in [7, 11) is 0.987. The summed E-state index contributed by atoms with van der Waals surface area (Å²) in [5.74, 6) is -1.07. The maximum absolute atomic E-state index is 13.4. The van der Waals surface area contributed by atoms with Gasteiger partial charge in [0.1, 0.15) is 5.60 Å². The number of methoxy groups -OCH3 is 1. The number of esters is 1. The highest BCUT2D eigenvalue weighted by molar-refractivity contribution is 5.72. The van der Waals surface area contributed by atoms with Gasteiger partial charge in [-0.25, -0.2) is 4.79 Å². The molecule has 0 unspecified atom stereocenters. The third kappa shape index (κ3) is 4.49. The van der Waals surface area contributed by atoms with Gasteiger partial charge in [0.05, 0.1) is 26.7 Å². The van der Waals surface area contributed by atoms with Crippen molar-refractivity contribution < 1.29 is 37.0 Å². The molecule has 0 spiro atoms. The van der Waals surface area contributed by atoms with Crippen molar-refractivity contribution in [2.75, 3.05) is 26.8 Å². The molecule has 0 radical (unpaired) electrons. The van der Waals surface area contributed by atoms with Gasteiger partial charge in [-0.1, -0.05) is 0 Å². The molecular formula is C13H20F3NO5. The van der Waals surface area contributed by atoms with Crippen molar-refractivity contribution in [2.45, 2.75) is 44.6 Å². The predicted molar refractivity (Wildman–Crippen MR) is 69.2 cm³/mol. The van der Waals surface area contributed by atoms with Crippen molar-refractivity contribution in [2.24, 2.45) is 0 Å². The van der Waals surface area contributed by atoms with Gasteiger partial charge in [0.25, 0.3) is 0 Å². The lowest BCUT2D eigenvalue weighted by Gasteiger charge is -2.42. The number of halogens is 3. The Bertz CT molecular complexity index is 432. The Labute approximate surface area is 126 Å². The molecule has 1 atom stereocenters. The molecule has 1 rings (SSSR count). The van der Waals surface area contributed by atoms with Crippen LogP contribution in [0.4, 0.5) is 18.0 Å². The van der Waals surface area contributed by atoms with Crippen molar-refractivity contribution in [3.63, 3.8) is 0 Å². The van der Waals surface area contributed by atoms with Crippen LogP contribution in [0.3, 0.4) is 0 Å². The average molecular weight is 327 g/mol. The number of alkyl halides is 3. The fourth-order valence-electron chi connectivity index (χ4n) is 1.95. The highest BCUT2D eigenvalue weighted by Crippen LogP contribution is 2.39. The summed E-state index contributed by atoms with van der Waals surface area (Å²) >= 11 is 0. The van der Waals surface area contributed by atoms with Crippen LogP contribution >= 0.6 is 0 Å². The molecule has 1 amide bonds. The van der Waals surface area contributed by atoms with Crippen LogP contribution in [0.5, 0.6) is 0 Å². The summed E-state index contributed by atoms with van der Waals surface area (Å²) in [4.78, 5) is 24.1. The molecule has 0 aromatic heterocycles. The summed E-state index contributed by atoms with van der Waals surface area (Å²) < 4.78 is 54.3. The number of hydrogen-bond acceptors (Lipinski definition) is 5. The molecule has 128 valence electrons. The van der Waals surface area contributed by atoms with Gasteiger partial charge in [-0.2, -0.15) is 13.2 Å². The summed E-state index contributed by atoms with van der Waals surface area (Å²) in [6, 6.07) is 0. The van der Waals surface area contributed by atoms with E-state index in [0.29, 0.717) is 0 Å². The number of rotatable bonds is 2. The summed E-state index contributed by atoms with van der Waals surface area (Å²) in [6.07, 6.45) is -6.73. The van der Waals surface area contributed by atoms with Crippen LogP contribution in [0, 0.1) is 0 Å². The first-order valence-corrected chi connectivity index (χ1v) is 6.66. The summed E-state index contributed by atoms with van der Waals surface area (Å²) in [5, 5.41) is 0. The molecule has 1 aliphatic rings. The summed E-state index contributed by atoms with van der Waals surface area (Å²) in [5.41, 5.74) is -3.62. The molecule has 0 bridgehead atoms. The SMILES string of the molecule is COC(=O)C[C@@]1(C(F)(F)F)CN(C(=O)OC(C)(C)C)CCO1. The van der Waals surface area contributed by atoms with Gasteiger partial charge in [-0.05, 0) is 20.8 Å². The van der Waals surface area contributed by atoms with Crippen LogP contribution in [-0.4, -0.2) is 61.1 Å². The highest BCUT2D eigenvalue weighted by atomic mass is 19.4. The van der Waals surface area contributed by atoms with E-state index in [1.54, 1.807) is 20.8 Å². The van der Waals surface area contributed by atoms with Crippen LogP contribution in [0.2, 0.25) is 0 Å². The molecular weight excluding hydrogens is 307 g/mol. The fourth-order valence-corrected chi connectivity index (χ4v) is 1.95. The zero-order valence-electron chi connectivity index (χ0n) is 13.0. The van der Waals surface area contributed by atoms with E-state index >= 15 is 0 Å². The molecule has 0 saturated carbocycles. The van der Waals surface area contributed by atoms with Crippen LogP contribution < -0.4 is 0 Å². The van der Waals surface area contributed by atoms with Crippen LogP contribution in [0.1, 0.15) is 27.2 Å². The topological polar surface area (TPSA) is 65.1 Å². The van der Waals surface area contributed by atoms with Crippen molar-refractivity contribution in [3.05, 3.63) is 0 Å².